The van der Waals surface area contributed by atoms with Gasteiger partial charge in [0.05, 0.1) is 23.7 Å². The van der Waals surface area contributed by atoms with E-state index in [4.69, 9.17) is 5.73 Å². The molecular weight excluding hydrogens is 507 g/mol. The second-order valence-corrected chi connectivity index (χ2v) is 9.68. The molecule has 2 aromatic heterocycles. The molecule has 6 rings (SSSR count). The number of hydrogen-bond donors (Lipinski definition) is 1. The number of benzene rings is 2. The number of hydrogen-bond acceptors (Lipinski definition) is 6. The van der Waals surface area contributed by atoms with Crippen LogP contribution in [0, 0.1) is 17.2 Å². The third kappa shape index (κ3) is 5.18. The lowest BCUT2D eigenvalue weighted by molar-refractivity contribution is -0.138. The molecule has 0 spiro atoms. The number of nitrogens with two attached hydrogens (primary N) is 1. The standard InChI is InChI=1S/C24H16F3N7O.C4H8/c1-33-12-30-32-22(33)15-6-5-13(10-28)7-17(15)14-8-20(29)31-21(9-14)34-11-18-16(23(34)35)3-2-4-19(18)24(25,26)27;1-4-2-3-4/h2-9,12H,11H2,1H3,(H2,29,31);4H,2-3H2,1H3. The van der Waals surface area contributed by atoms with Crippen molar-refractivity contribution in [2.45, 2.75) is 32.5 Å². The first-order valence-corrected chi connectivity index (χ1v) is 12.2. The van der Waals surface area contributed by atoms with E-state index in [9.17, 15) is 23.2 Å². The number of amides is 1. The van der Waals surface area contributed by atoms with Gasteiger partial charge in [0.2, 0.25) is 0 Å². The van der Waals surface area contributed by atoms with E-state index in [1.807, 2.05) is 0 Å². The number of rotatable bonds is 3. The summed E-state index contributed by atoms with van der Waals surface area (Å²) in [7, 11) is 1.77. The predicted molar refractivity (Wildman–Crippen MR) is 139 cm³/mol. The monoisotopic (exact) mass is 531 g/mol. The summed E-state index contributed by atoms with van der Waals surface area (Å²) in [6.45, 7) is 1.98. The van der Waals surface area contributed by atoms with Gasteiger partial charge in [-0.3, -0.25) is 9.69 Å². The first-order valence-electron chi connectivity index (χ1n) is 12.2. The molecule has 1 fully saturated rings. The summed E-state index contributed by atoms with van der Waals surface area (Å²) >= 11 is 0. The Balaban J connectivity index is 0.000000707. The van der Waals surface area contributed by atoms with Gasteiger partial charge in [0.25, 0.3) is 5.91 Å². The second kappa shape index (κ2) is 9.87. The third-order valence-electron chi connectivity index (χ3n) is 6.66. The van der Waals surface area contributed by atoms with Crippen molar-refractivity contribution < 1.29 is 18.0 Å². The smallest absolute Gasteiger partial charge is 0.384 e. The zero-order valence-electron chi connectivity index (χ0n) is 21.2. The van der Waals surface area contributed by atoms with Gasteiger partial charge in [-0.15, -0.1) is 10.2 Å². The van der Waals surface area contributed by atoms with Crippen molar-refractivity contribution in [3.63, 3.8) is 0 Å². The first kappa shape index (κ1) is 25.9. The molecule has 2 aliphatic rings. The number of anilines is 2. The Hall–Kier alpha value is -4.72. The molecule has 2 aromatic carbocycles. The van der Waals surface area contributed by atoms with Crippen LogP contribution in [0.1, 0.15) is 46.8 Å². The van der Waals surface area contributed by atoms with Crippen molar-refractivity contribution in [3.8, 4) is 28.6 Å². The zero-order chi connectivity index (χ0) is 27.9. The van der Waals surface area contributed by atoms with Gasteiger partial charge in [0.1, 0.15) is 18.0 Å². The normalized spacial score (nSPS) is 14.5. The number of aromatic nitrogens is 4. The average Bonchev–Trinajstić information content (AvgIpc) is 3.44. The average molecular weight is 532 g/mol. The van der Waals surface area contributed by atoms with E-state index in [1.165, 1.54) is 31.3 Å². The SMILES string of the molecule is CC1CC1.Cn1cnnc1-c1ccc(C#N)cc1-c1cc(N)nc(N2Cc3c(cccc3C(F)(F)F)C2=O)c1. The van der Waals surface area contributed by atoms with Crippen LogP contribution >= 0.6 is 0 Å². The molecule has 8 nitrogen and oxygen atoms in total. The van der Waals surface area contributed by atoms with Crippen LogP contribution in [0.3, 0.4) is 0 Å². The van der Waals surface area contributed by atoms with Crippen LogP contribution in [-0.2, 0) is 19.8 Å². The molecule has 39 heavy (non-hydrogen) atoms. The van der Waals surface area contributed by atoms with Gasteiger partial charge >= 0.3 is 6.18 Å². The van der Waals surface area contributed by atoms with Crippen LogP contribution in [0.15, 0.2) is 54.9 Å². The molecule has 1 saturated carbocycles. The Morgan fingerprint density at radius 3 is 2.44 bits per heavy atom. The lowest BCUT2D eigenvalue weighted by Gasteiger charge is -2.18. The van der Waals surface area contributed by atoms with Gasteiger partial charge in [-0.1, -0.05) is 25.8 Å². The van der Waals surface area contributed by atoms with Crippen LogP contribution in [-0.4, -0.2) is 25.7 Å². The van der Waals surface area contributed by atoms with E-state index in [0.717, 1.165) is 16.9 Å². The van der Waals surface area contributed by atoms with Crippen molar-refractivity contribution in [1.82, 2.24) is 19.7 Å². The number of nitrogen functional groups attached to an aromatic ring is 1. The summed E-state index contributed by atoms with van der Waals surface area (Å²) in [4.78, 5) is 18.4. The molecular formula is C28H24F3N7O. The number of nitriles is 1. The van der Waals surface area contributed by atoms with E-state index in [1.54, 1.807) is 41.9 Å². The number of aryl methyl sites for hydroxylation is 1. The lowest BCUT2D eigenvalue weighted by atomic mass is 9.97. The lowest BCUT2D eigenvalue weighted by Crippen LogP contribution is -2.24. The Kier molecular flexibility index (Phi) is 6.56. The number of carbonyl (C=O) groups excluding carboxylic acids is 1. The van der Waals surface area contributed by atoms with Crippen LogP contribution in [0.4, 0.5) is 24.8 Å². The number of halogens is 3. The highest BCUT2D eigenvalue weighted by molar-refractivity contribution is 6.10. The Morgan fingerprint density at radius 2 is 1.82 bits per heavy atom. The molecule has 1 aliphatic heterocycles. The third-order valence-corrected chi connectivity index (χ3v) is 6.66. The fourth-order valence-electron chi connectivity index (χ4n) is 4.36. The predicted octanol–water partition coefficient (Wildman–Crippen LogP) is 5.59. The highest BCUT2D eigenvalue weighted by Gasteiger charge is 2.40. The largest absolute Gasteiger partial charge is 0.416 e. The molecule has 0 bridgehead atoms. The number of pyridine rings is 1. The number of fused-ring (bicyclic) bond motifs is 1. The summed E-state index contributed by atoms with van der Waals surface area (Å²) in [6, 6.07) is 13.7. The fraction of sp³-hybridized carbons (Fsp3) is 0.250. The number of carbonyl (C=O) groups is 1. The molecule has 0 unspecified atom stereocenters. The minimum absolute atomic E-state index is 0.0307. The summed E-state index contributed by atoms with van der Waals surface area (Å²) in [6.07, 6.45) is -0.0965. The van der Waals surface area contributed by atoms with Crippen LogP contribution < -0.4 is 10.6 Å². The molecule has 11 heteroatoms. The summed E-state index contributed by atoms with van der Waals surface area (Å²) < 4.78 is 42.3. The fourth-order valence-corrected chi connectivity index (χ4v) is 4.36. The van der Waals surface area contributed by atoms with E-state index in [-0.39, 0.29) is 29.3 Å². The molecule has 0 radical (unpaired) electrons. The van der Waals surface area contributed by atoms with E-state index >= 15 is 0 Å². The maximum Gasteiger partial charge on any atom is 0.416 e. The van der Waals surface area contributed by atoms with Crippen molar-refractivity contribution in [2.24, 2.45) is 13.0 Å². The summed E-state index contributed by atoms with van der Waals surface area (Å²) in [5.74, 6) is 1.17. The Bertz CT molecular complexity index is 1620. The molecule has 0 atom stereocenters. The zero-order valence-corrected chi connectivity index (χ0v) is 21.2. The molecule has 0 saturated heterocycles. The molecule has 198 valence electrons. The van der Waals surface area contributed by atoms with Crippen LogP contribution in [0.2, 0.25) is 0 Å². The number of alkyl halides is 3. The summed E-state index contributed by atoms with van der Waals surface area (Å²) in [5, 5.41) is 17.5. The van der Waals surface area contributed by atoms with Gasteiger partial charge in [-0.05, 0) is 65.1 Å². The van der Waals surface area contributed by atoms with Crippen molar-refractivity contribution in [2.75, 3.05) is 10.6 Å². The molecule has 3 heterocycles. The highest BCUT2D eigenvalue weighted by atomic mass is 19.4. The molecule has 1 aliphatic carbocycles. The Labute approximate surface area is 222 Å². The quantitative estimate of drug-likeness (QED) is 0.369. The Morgan fingerprint density at radius 1 is 1.08 bits per heavy atom. The number of nitrogens with zero attached hydrogens (tertiary/aromatic N) is 6. The summed E-state index contributed by atoms with van der Waals surface area (Å²) in [5.41, 5.74) is 7.18. The van der Waals surface area contributed by atoms with Crippen molar-refractivity contribution in [1.29, 1.82) is 5.26 Å². The first-order chi connectivity index (χ1) is 18.6. The van der Waals surface area contributed by atoms with Crippen LogP contribution in [0.5, 0.6) is 0 Å². The molecule has 1 amide bonds. The van der Waals surface area contributed by atoms with E-state index in [0.29, 0.717) is 28.1 Å². The van der Waals surface area contributed by atoms with Gasteiger partial charge in [-0.25, -0.2) is 4.98 Å². The highest BCUT2D eigenvalue weighted by Crippen LogP contribution is 2.40. The van der Waals surface area contributed by atoms with Crippen molar-refractivity contribution in [3.05, 3.63) is 77.1 Å². The van der Waals surface area contributed by atoms with Crippen molar-refractivity contribution >= 4 is 17.5 Å². The maximum absolute atomic E-state index is 13.5. The minimum Gasteiger partial charge on any atom is -0.384 e. The van der Waals surface area contributed by atoms with Crippen LogP contribution in [0.25, 0.3) is 22.5 Å². The molecule has 2 N–H and O–H groups in total. The van der Waals surface area contributed by atoms with E-state index < -0.39 is 17.6 Å². The van der Waals surface area contributed by atoms with Gasteiger partial charge < -0.3 is 10.3 Å². The topological polar surface area (TPSA) is 114 Å². The van der Waals surface area contributed by atoms with Gasteiger partial charge in [-0.2, -0.15) is 18.4 Å². The van der Waals surface area contributed by atoms with Gasteiger partial charge in [0.15, 0.2) is 5.82 Å². The van der Waals surface area contributed by atoms with E-state index in [2.05, 4.69) is 28.2 Å². The van der Waals surface area contributed by atoms with Gasteiger partial charge in [0, 0.05) is 18.2 Å². The second-order valence-electron chi connectivity index (χ2n) is 9.68. The minimum atomic E-state index is -4.60. The molecule has 4 aromatic rings. The maximum atomic E-state index is 13.5.